The van der Waals surface area contributed by atoms with Gasteiger partial charge in [0.05, 0.1) is 21.8 Å². The molecule has 156 valence electrons. The van der Waals surface area contributed by atoms with Gasteiger partial charge in [-0.25, -0.2) is 0 Å². The molecular formula is C24H42N2Si2. The zero-order chi connectivity index (χ0) is 20.8. The summed E-state index contributed by atoms with van der Waals surface area (Å²) in [5.41, 5.74) is 5.80. The van der Waals surface area contributed by atoms with Crippen LogP contribution in [0.1, 0.15) is 52.7 Å². The number of hydrogen-bond acceptors (Lipinski definition) is 1. The SMILES string of the molecule is CC[Si](CC)(CC)Cc1cccc(C[Si](CC)(CC)CC)c1-c1ccn(C)n1. The van der Waals surface area contributed by atoms with Gasteiger partial charge in [0.1, 0.15) is 0 Å². The van der Waals surface area contributed by atoms with Crippen LogP contribution in [0.5, 0.6) is 0 Å². The van der Waals surface area contributed by atoms with Gasteiger partial charge in [-0.05, 0) is 29.3 Å². The summed E-state index contributed by atoms with van der Waals surface area (Å²) in [6.45, 7) is 14.5. The average Bonchev–Trinajstić information content (AvgIpc) is 3.16. The first-order valence-corrected chi connectivity index (χ1v) is 17.2. The van der Waals surface area contributed by atoms with Crippen molar-refractivity contribution in [3.8, 4) is 11.3 Å². The van der Waals surface area contributed by atoms with Crippen LogP contribution in [0.2, 0.25) is 36.3 Å². The van der Waals surface area contributed by atoms with Crippen molar-refractivity contribution >= 4 is 16.1 Å². The van der Waals surface area contributed by atoms with Crippen LogP contribution in [0.4, 0.5) is 0 Å². The second-order valence-corrected chi connectivity index (χ2v) is 19.8. The number of rotatable bonds is 11. The van der Waals surface area contributed by atoms with Gasteiger partial charge in [-0.15, -0.1) is 0 Å². The molecule has 0 spiro atoms. The highest BCUT2D eigenvalue weighted by Crippen LogP contribution is 2.35. The molecule has 0 aliphatic carbocycles. The molecular weight excluding hydrogens is 372 g/mol. The zero-order valence-corrected chi connectivity index (χ0v) is 21.4. The summed E-state index contributed by atoms with van der Waals surface area (Å²) < 4.78 is 1.96. The highest BCUT2D eigenvalue weighted by atomic mass is 28.3. The van der Waals surface area contributed by atoms with Crippen molar-refractivity contribution in [1.29, 1.82) is 0 Å². The summed E-state index contributed by atoms with van der Waals surface area (Å²) in [6.07, 6.45) is 2.10. The fourth-order valence-corrected chi connectivity index (χ4v) is 11.6. The van der Waals surface area contributed by atoms with Gasteiger partial charge in [0.25, 0.3) is 0 Å². The van der Waals surface area contributed by atoms with Crippen LogP contribution in [-0.4, -0.2) is 25.9 Å². The van der Waals surface area contributed by atoms with Crippen molar-refractivity contribution < 1.29 is 0 Å². The lowest BCUT2D eigenvalue weighted by Gasteiger charge is -2.32. The van der Waals surface area contributed by atoms with Crippen LogP contribution in [-0.2, 0) is 19.1 Å². The van der Waals surface area contributed by atoms with E-state index >= 15 is 0 Å². The molecule has 0 saturated carbocycles. The van der Waals surface area contributed by atoms with Gasteiger partial charge in [0, 0.05) is 18.8 Å². The fourth-order valence-electron chi connectivity index (χ4n) is 4.88. The van der Waals surface area contributed by atoms with Gasteiger partial charge in [0.15, 0.2) is 0 Å². The van der Waals surface area contributed by atoms with Crippen LogP contribution in [0.15, 0.2) is 30.5 Å². The molecule has 4 heteroatoms. The Kier molecular flexibility index (Phi) is 8.32. The normalized spacial score (nSPS) is 12.5. The molecule has 0 aliphatic heterocycles. The molecule has 28 heavy (non-hydrogen) atoms. The van der Waals surface area contributed by atoms with Crippen molar-refractivity contribution in [3.05, 3.63) is 41.6 Å². The molecule has 0 saturated heterocycles. The van der Waals surface area contributed by atoms with Crippen molar-refractivity contribution in [3.63, 3.8) is 0 Å². The summed E-state index contributed by atoms with van der Waals surface area (Å²) in [7, 11) is -0.451. The van der Waals surface area contributed by atoms with E-state index in [2.05, 4.69) is 72.0 Å². The maximum absolute atomic E-state index is 4.86. The van der Waals surface area contributed by atoms with Crippen molar-refractivity contribution in [2.75, 3.05) is 0 Å². The Balaban J connectivity index is 2.60. The lowest BCUT2D eigenvalue weighted by Crippen LogP contribution is -2.36. The first kappa shape index (κ1) is 23.1. The highest BCUT2D eigenvalue weighted by Gasteiger charge is 2.31. The molecule has 0 amide bonds. The Morgan fingerprint density at radius 2 is 1.14 bits per heavy atom. The van der Waals surface area contributed by atoms with E-state index in [1.807, 2.05) is 11.7 Å². The predicted octanol–water partition coefficient (Wildman–Crippen LogP) is 7.27. The van der Waals surface area contributed by atoms with E-state index in [0.29, 0.717) is 0 Å². The first-order chi connectivity index (χ1) is 13.4. The number of aromatic nitrogens is 2. The van der Waals surface area contributed by atoms with Crippen molar-refractivity contribution in [2.24, 2.45) is 7.05 Å². The van der Waals surface area contributed by atoms with Crippen molar-refractivity contribution in [1.82, 2.24) is 9.78 Å². The molecule has 0 N–H and O–H groups in total. The molecule has 2 aromatic rings. The summed E-state index contributed by atoms with van der Waals surface area (Å²) in [4.78, 5) is 0. The first-order valence-electron chi connectivity index (χ1n) is 11.5. The molecule has 2 nitrogen and oxygen atoms in total. The molecule has 0 aliphatic rings. The van der Waals surface area contributed by atoms with Gasteiger partial charge in [-0.3, -0.25) is 4.68 Å². The van der Waals surface area contributed by atoms with Gasteiger partial charge in [-0.2, -0.15) is 5.10 Å². The molecule has 0 unspecified atom stereocenters. The van der Waals surface area contributed by atoms with Gasteiger partial charge >= 0.3 is 0 Å². The molecule has 0 fully saturated rings. The average molecular weight is 415 g/mol. The highest BCUT2D eigenvalue weighted by molar-refractivity contribution is 6.79. The Morgan fingerprint density at radius 1 is 0.714 bits per heavy atom. The topological polar surface area (TPSA) is 17.8 Å². The minimum absolute atomic E-state index is 1.19. The minimum Gasteiger partial charge on any atom is -0.275 e. The van der Waals surface area contributed by atoms with Gasteiger partial charge < -0.3 is 0 Å². The van der Waals surface area contributed by atoms with Gasteiger partial charge in [-0.1, -0.05) is 96.0 Å². The second-order valence-electron chi connectivity index (χ2n) is 8.80. The molecule has 2 rings (SSSR count). The molecule has 1 heterocycles. The summed E-state index contributed by atoms with van der Waals surface area (Å²) in [6, 6.07) is 20.2. The van der Waals surface area contributed by atoms with E-state index in [-0.39, 0.29) is 0 Å². The lowest BCUT2D eigenvalue weighted by atomic mass is 10.00. The number of benzene rings is 1. The minimum atomic E-state index is -1.25. The quantitative estimate of drug-likeness (QED) is 0.353. The van der Waals surface area contributed by atoms with Crippen molar-refractivity contribution in [2.45, 2.75) is 89.9 Å². The van der Waals surface area contributed by atoms with Crippen LogP contribution in [0.25, 0.3) is 11.3 Å². The third-order valence-electron chi connectivity index (χ3n) is 7.84. The zero-order valence-electron chi connectivity index (χ0n) is 19.4. The maximum Gasteiger partial charge on any atom is 0.0928 e. The third-order valence-corrected chi connectivity index (χ3v) is 19.1. The predicted molar refractivity (Wildman–Crippen MR) is 130 cm³/mol. The molecule has 0 atom stereocenters. The van der Waals surface area contributed by atoms with Crippen LogP contribution in [0.3, 0.4) is 0 Å². The van der Waals surface area contributed by atoms with E-state index in [1.165, 1.54) is 59.6 Å². The van der Waals surface area contributed by atoms with E-state index in [4.69, 9.17) is 5.10 Å². The van der Waals surface area contributed by atoms with Gasteiger partial charge in [0.2, 0.25) is 0 Å². The smallest absolute Gasteiger partial charge is 0.0928 e. The van der Waals surface area contributed by atoms with Crippen LogP contribution < -0.4 is 0 Å². The van der Waals surface area contributed by atoms with E-state index < -0.39 is 16.1 Å². The number of aryl methyl sites for hydroxylation is 1. The van der Waals surface area contributed by atoms with E-state index in [0.717, 1.165) is 0 Å². The summed E-state index contributed by atoms with van der Waals surface area (Å²) in [5, 5.41) is 4.86. The van der Waals surface area contributed by atoms with Crippen LogP contribution in [0, 0.1) is 0 Å². The number of nitrogens with zero attached hydrogens (tertiary/aromatic N) is 2. The molecule has 1 aromatic heterocycles. The Hall–Kier alpha value is -1.14. The largest absolute Gasteiger partial charge is 0.275 e. The summed E-state index contributed by atoms with van der Waals surface area (Å²) in [5.74, 6) is 0. The van der Waals surface area contributed by atoms with Crippen LogP contribution >= 0.6 is 0 Å². The molecule has 0 bridgehead atoms. The standard InChI is InChI=1S/C24H42N2Si2/c1-8-27(9-2,10-3)19-21-15-14-16-22(20-28(11-4,12-5)13-6)24(21)23-17-18-26(7)25-23/h14-18H,8-13,19-20H2,1-7H3. The third kappa shape index (κ3) is 4.88. The second kappa shape index (κ2) is 10.1. The fraction of sp³-hybridized carbons (Fsp3) is 0.625. The Morgan fingerprint density at radius 3 is 1.46 bits per heavy atom. The maximum atomic E-state index is 4.86. The molecule has 1 aromatic carbocycles. The summed E-state index contributed by atoms with van der Waals surface area (Å²) >= 11 is 0. The molecule has 0 radical (unpaired) electrons. The lowest BCUT2D eigenvalue weighted by molar-refractivity contribution is 0.770. The van der Waals surface area contributed by atoms with E-state index in [1.54, 1.807) is 11.1 Å². The van der Waals surface area contributed by atoms with E-state index in [9.17, 15) is 0 Å². The Labute approximate surface area is 175 Å². The monoisotopic (exact) mass is 414 g/mol. The number of hydrogen-bond donors (Lipinski definition) is 0. The Bertz CT molecular complexity index is 686.